The first kappa shape index (κ1) is 26.6. The fraction of sp³-hybridized carbons (Fsp3) is 0.464. The van der Waals surface area contributed by atoms with Gasteiger partial charge >= 0.3 is 0 Å². The van der Waals surface area contributed by atoms with Crippen LogP contribution in [0.5, 0.6) is 0 Å². The number of hydrogen-bond donors (Lipinski definition) is 5. The van der Waals surface area contributed by atoms with Gasteiger partial charge in [-0.25, -0.2) is 0 Å². The van der Waals surface area contributed by atoms with E-state index >= 15 is 0 Å². The minimum absolute atomic E-state index is 0.00985. The molecule has 0 bridgehead atoms. The lowest BCUT2D eigenvalue weighted by Gasteiger charge is -2.38. The fourth-order valence-electron chi connectivity index (χ4n) is 5.47. The molecule has 3 unspecified atom stereocenters. The van der Waals surface area contributed by atoms with Gasteiger partial charge in [-0.15, -0.1) is 0 Å². The van der Waals surface area contributed by atoms with Crippen LogP contribution in [0.25, 0.3) is 11.1 Å². The van der Waals surface area contributed by atoms with Crippen molar-refractivity contribution in [3.63, 3.8) is 0 Å². The van der Waals surface area contributed by atoms with E-state index < -0.39 is 5.91 Å². The number of anilines is 2. The van der Waals surface area contributed by atoms with Crippen molar-refractivity contribution >= 4 is 23.2 Å². The molecule has 208 valence electrons. The van der Waals surface area contributed by atoms with Gasteiger partial charge in [-0.1, -0.05) is 12.1 Å². The molecule has 1 aromatic heterocycles. The van der Waals surface area contributed by atoms with Crippen molar-refractivity contribution < 1.29 is 14.3 Å². The highest BCUT2D eigenvalue weighted by molar-refractivity contribution is 5.96. The second-order valence-electron chi connectivity index (χ2n) is 10.6. The molecule has 0 spiro atoms. The molecule has 2 amide bonds. The highest BCUT2D eigenvalue weighted by Gasteiger charge is 2.35. The SMILES string of the molecule is CNC(=O)/C(N)=C(/C=C(\N)NC(=O)C1CC1)Nc1cccc2c1N(C)C(C)c1c-2cnn1C1CCOC(C)C1. The summed E-state index contributed by atoms with van der Waals surface area (Å²) in [6, 6.07) is 6.29. The van der Waals surface area contributed by atoms with E-state index in [1.54, 1.807) is 0 Å². The van der Waals surface area contributed by atoms with Gasteiger partial charge in [0.2, 0.25) is 5.91 Å². The molecule has 3 atom stereocenters. The third-order valence-electron chi connectivity index (χ3n) is 7.84. The van der Waals surface area contributed by atoms with Gasteiger partial charge < -0.3 is 37.1 Å². The van der Waals surface area contributed by atoms with Crippen LogP contribution in [-0.2, 0) is 14.3 Å². The standard InChI is InChI=1S/C28H38N8O3/c1-15-12-18(10-11-39-15)36-25-16(2)35(4)26-19(20(25)14-32-36)6-5-7-21(26)33-22(24(30)28(38)31-3)13-23(29)34-27(37)17-8-9-17/h5-7,13-18,33H,8-12,29-30H2,1-4H3,(H,31,38)(H,34,37)/b23-13+,24-22+. The molecule has 5 rings (SSSR count). The van der Waals surface area contributed by atoms with Crippen LogP contribution in [0.4, 0.5) is 11.4 Å². The topological polar surface area (TPSA) is 153 Å². The van der Waals surface area contributed by atoms with Crippen molar-refractivity contribution in [2.24, 2.45) is 17.4 Å². The number of hydrogen-bond acceptors (Lipinski definition) is 8. The molecule has 2 aliphatic heterocycles. The molecule has 7 N–H and O–H groups in total. The number of carbonyl (C=O) groups excluding carboxylic acids is 2. The smallest absolute Gasteiger partial charge is 0.269 e. The summed E-state index contributed by atoms with van der Waals surface area (Å²) in [7, 11) is 3.56. The minimum atomic E-state index is -0.462. The molecule has 1 saturated heterocycles. The van der Waals surface area contributed by atoms with Crippen LogP contribution in [0, 0.1) is 5.92 Å². The Hall–Kier alpha value is -3.99. The van der Waals surface area contributed by atoms with Crippen LogP contribution in [-0.4, -0.2) is 48.4 Å². The van der Waals surface area contributed by atoms with Gasteiger partial charge in [0.25, 0.3) is 5.91 Å². The second-order valence-corrected chi connectivity index (χ2v) is 10.6. The number of benzene rings is 1. The number of aromatic nitrogens is 2. The van der Waals surface area contributed by atoms with Gasteiger partial charge in [0, 0.05) is 43.8 Å². The maximum Gasteiger partial charge on any atom is 0.269 e. The molecule has 11 nitrogen and oxygen atoms in total. The summed E-state index contributed by atoms with van der Waals surface area (Å²) in [5.74, 6) is -0.488. The molecule has 0 radical (unpaired) electrons. The van der Waals surface area contributed by atoms with E-state index in [1.807, 2.05) is 25.4 Å². The summed E-state index contributed by atoms with van der Waals surface area (Å²) in [6.45, 7) is 5.01. The Balaban J connectivity index is 1.52. The zero-order chi connectivity index (χ0) is 27.8. The summed E-state index contributed by atoms with van der Waals surface area (Å²) in [6.07, 6.45) is 7.21. The van der Waals surface area contributed by atoms with Gasteiger partial charge in [-0.05, 0) is 45.6 Å². The van der Waals surface area contributed by atoms with E-state index in [-0.39, 0.29) is 47.2 Å². The average Bonchev–Trinajstić information content (AvgIpc) is 3.68. The van der Waals surface area contributed by atoms with Crippen LogP contribution < -0.4 is 32.3 Å². The zero-order valence-corrected chi connectivity index (χ0v) is 23.0. The van der Waals surface area contributed by atoms with Crippen molar-refractivity contribution in [3.8, 4) is 11.1 Å². The Labute approximate surface area is 228 Å². The first-order valence-electron chi connectivity index (χ1n) is 13.5. The number of amides is 2. The largest absolute Gasteiger partial charge is 0.393 e. The van der Waals surface area contributed by atoms with E-state index in [2.05, 4.69) is 45.4 Å². The molecule has 1 saturated carbocycles. The monoisotopic (exact) mass is 534 g/mol. The van der Waals surface area contributed by atoms with Gasteiger partial charge in [-0.2, -0.15) is 5.10 Å². The van der Waals surface area contributed by atoms with Crippen LogP contribution in [0.2, 0.25) is 0 Å². The molecular formula is C28H38N8O3. The maximum atomic E-state index is 12.5. The van der Waals surface area contributed by atoms with Crippen molar-refractivity contribution in [2.75, 3.05) is 30.9 Å². The van der Waals surface area contributed by atoms with Crippen LogP contribution in [0.15, 0.2) is 47.7 Å². The molecular weight excluding hydrogens is 496 g/mol. The molecule has 2 aromatic rings. The van der Waals surface area contributed by atoms with Crippen LogP contribution in [0.1, 0.15) is 57.3 Å². The van der Waals surface area contributed by atoms with Gasteiger partial charge in [-0.3, -0.25) is 14.3 Å². The fourth-order valence-corrected chi connectivity index (χ4v) is 5.47. The number of likely N-dealkylation sites (N-methyl/N-ethyl adjacent to an activating group) is 1. The second kappa shape index (κ2) is 10.6. The van der Waals surface area contributed by atoms with Crippen molar-refractivity contribution in [3.05, 3.63) is 53.4 Å². The highest BCUT2D eigenvalue weighted by atomic mass is 16.5. The van der Waals surface area contributed by atoms with E-state index in [9.17, 15) is 9.59 Å². The maximum absolute atomic E-state index is 12.5. The highest BCUT2D eigenvalue weighted by Crippen LogP contribution is 2.48. The first-order valence-corrected chi connectivity index (χ1v) is 13.5. The van der Waals surface area contributed by atoms with E-state index in [0.717, 1.165) is 54.8 Å². The Morgan fingerprint density at radius 3 is 2.62 bits per heavy atom. The predicted molar refractivity (Wildman–Crippen MR) is 150 cm³/mol. The predicted octanol–water partition coefficient (Wildman–Crippen LogP) is 2.46. The molecule has 2 fully saturated rings. The lowest BCUT2D eigenvalue weighted by Crippen LogP contribution is -2.33. The van der Waals surface area contributed by atoms with Gasteiger partial charge in [0.05, 0.1) is 47.2 Å². The summed E-state index contributed by atoms with van der Waals surface area (Å²) in [5, 5.41) is 13.4. The minimum Gasteiger partial charge on any atom is -0.393 e. The Kier molecular flexibility index (Phi) is 7.26. The third-order valence-corrected chi connectivity index (χ3v) is 7.84. The molecule has 39 heavy (non-hydrogen) atoms. The first-order chi connectivity index (χ1) is 18.7. The number of fused-ring (bicyclic) bond motifs is 3. The zero-order valence-electron chi connectivity index (χ0n) is 23.0. The Morgan fingerprint density at radius 1 is 1.15 bits per heavy atom. The average molecular weight is 535 g/mol. The van der Waals surface area contributed by atoms with Crippen molar-refractivity contribution in [1.29, 1.82) is 0 Å². The molecule has 3 heterocycles. The molecule has 3 aliphatic rings. The van der Waals surface area contributed by atoms with Crippen LogP contribution in [0.3, 0.4) is 0 Å². The van der Waals surface area contributed by atoms with Crippen LogP contribution >= 0.6 is 0 Å². The molecule has 11 heteroatoms. The number of para-hydroxylation sites is 1. The number of carbonyl (C=O) groups is 2. The normalized spacial score (nSPS) is 23.3. The number of ether oxygens (including phenoxy) is 1. The van der Waals surface area contributed by atoms with E-state index in [1.165, 1.54) is 18.8 Å². The van der Waals surface area contributed by atoms with Crippen molar-refractivity contribution in [2.45, 2.75) is 57.7 Å². The van der Waals surface area contributed by atoms with Gasteiger partial charge in [0.1, 0.15) is 11.5 Å². The summed E-state index contributed by atoms with van der Waals surface area (Å²) < 4.78 is 7.95. The molecule has 1 aliphatic carbocycles. The number of allylic oxidation sites excluding steroid dienone is 1. The Morgan fingerprint density at radius 2 is 1.92 bits per heavy atom. The third kappa shape index (κ3) is 5.18. The molecule has 1 aromatic carbocycles. The number of nitrogens with zero attached hydrogens (tertiary/aromatic N) is 3. The number of nitrogens with one attached hydrogen (secondary N) is 3. The summed E-state index contributed by atoms with van der Waals surface area (Å²) in [5.41, 5.74) is 17.6. The van der Waals surface area contributed by atoms with E-state index in [0.29, 0.717) is 0 Å². The summed E-state index contributed by atoms with van der Waals surface area (Å²) in [4.78, 5) is 26.9. The number of nitrogens with two attached hydrogens (primary N) is 2. The lowest BCUT2D eigenvalue weighted by molar-refractivity contribution is -0.121. The lowest BCUT2D eigenvalue weighted by atomic mass is 9.93. The van der Waals surface area contributed by atoms with Gasteiger partial charge in [0.15, 0.2) is 0 Å². The van der Waals surface area contributed by atoms with Crippen molar-refractivity contribution in [1.82, 2.24) is 20.4 Å². The Bertz CT molecular complexity index is 1340. The summed E-state index contributed by atoms with van der Waals surface area (Å²) >= 11 is 0. The number of rotatable bonds is 7. The quantitative estimate of drug-likeness (QED) is 0.268. The van der Waals surface area contributed by atoms with E-state index in [4.69, 9.17) is 21.3 Å².